The first-order chi connectivity index (χ1) is 10.7. The van der Waals surface area contributed by atoms with Gasteiger partial charge in [0.15, 0.2) is 0 Å². The highest BCUT2D eigenvalue weighted by Crippen LogP contribution is 2.30. The smallest absolute Gasteiger partial charge is 0.253 e. The molecule has 0 radical (unpaired) electrons. The standard InChI is InChI=1S/C15H14FN3O2S/c1-2-13(20)19-7-8-22-14(19)9-12-17-15(18-21-12)10-5-3-4-6-11(10)16/h3-6,9H,2,7-8H2,1H3/b14-9+. The summed E-state index contributed by atoms with van der Waals surface area (Å²) in [6, 6.07) is 6.25. The van der Waals surface area contributed by atoms with E-state index in [9.17, 15) is 9.18 Å². The fraction of sp³-hybridized carbons (Fsp3) is 0.267. The van der Waals surface area contributed by atoms with Gasteiger partial charge in [-0.3, -0.25) is 4.79 Å². The quantitative estimate of drug-likeness (QED) is 0.870. The lowest BCUT2D eigenvalue weighted by Crippen LogP contribution is -2.25. The summed E-state index contributed by atoms with van der Waals surface area (Å²) in [5.74, 6) is 0.954. The number of hydrogen-bond donors (Lipinski definition) is 0. The monoisotopic (exact) mass is 319 g/mol. The topological polar surface area (TPSA) is 59.2 Å². The third-order valence-corrected chi connectivity index (χ3v) is 4.26. The Morgan fingerprint density at radius 3 is 3.09 bits per heavy atom. The van der Waals surface area contributed by atoms with Crippen LogP contribution in [0.25, 0.3) is 17.5 Å². The van der Waals surface area contributed by atoms with Crippen molar-refractivity contribution < 1.29 is 13.7 Å². The summed E-state index contributed by atoms with van der Waals surface area (Å²) in [7, 11) is 0. The van der Waals surface area contributed by atoms with Gasteiger partial charge in [0.05, 0.1) is 10.6 Å². The van der Waals surface area contributed by atoms with Crippen molar-refractivity contribution in [2.45, 2.75) is 13.3 Å². The number of amides is 1. The Hall–Kier alpha value is -2.15. The summed E-state index contributed by atoms with van der Waals surface area (Å²) in [5.41, 5.74) is 0.288. The van der Waals surface area contributed by atoms with Gasteiger partial charge < -0.3 is 9.42 Å². The number of carbonyl (C=O) groups excluding carboxylic acids is 1. The van der Waals surface area contributed by atoms with Crippen molar-refractivity contribution in [2.24, 2.45) is 0 Å². The Labute approximate surface area is 131 Å². The number of rotatable bonds is 3. The Kier molecular flexibility index (Phi) is 4.24. The van der Waals surface area contributed by atoms with E-state index in [-0.39, 0.29) is 23.2 Å². The average molecular weight is 319 g/mol. The molecular weight excluding hydrogens is 305 g/mol. The van der Waals surface area contributed by atoms with Gasteiger partial charge in [-0.15, -0.1) is 11.8 Å². The molecule has 0 atom stereocenters. The lowest BCUT2D eigenvalue weighted by atomic mass is 10.2. The molecule has 0 bridgehead atoms. The summed E-state index contributed by atoms with van der Waals surface area (Å²) < 4.78 is 18.9. The van der Waals surface area contributed by atoms with Gasteiger partial charge in [-0.05, 0) is 12.1 Å². The molecule has 0 saturated carbocycles. The summed E-state index contributed by atoms with van der Waals surface area (Å²) in [6.07, 6.45) is 2.12. The van der Waals surface area contributed by atoms with Crippen LogP contribution in [0.15, 0.2) is 33.8 Å². The molecule has 1 fully saturated rings. The maximum atomic E-state index is 13.7. The Balaban J connectivity index is 1.87. The molecule has 0 unspecified atom stereocenters. The molecule has 1 aliphatic rings. The summed E-state index contributed by atoms with van der Waals surface area (Å²) >= 11 is 1.56. The lowest BCUT2D eigenvalue weighted by molar-refractivity contribution is -0.128. The van der Waals surface area contributed by atoms with Crippen molar-refractivity contribution in [1.82, 2.24) is 15.0 Å². The normalized spacial score (nSPS) is 16.5. The first-order valence-electron chi connectivity index (χ1n) is 6.92. The second kappa shape index (κ2) is 6.31. The zero-order valence-corrected chi connectivity index (χ0v) is 12.8. The van der Waals surface area contributed by atoms with Crippen molar-refractivity contribution in [1.29, 1.82) is 0 Å². The van der Waals surface area contributed by atoms with Crippen LogP contribution >= 0.6 is 11.8 Å². The van der Waals surface area contributed by atoms with E-state index in [4.69, 9.17) is 4.52 Å². The first kappa shape index (κ1) is 14.8. The van der Waals surface area contributed by atoms with Crippen LogP contribution in [0.3, 0.4) is 0 Å². The second-order valence-corrected chi connectivity index (χ2v) is 5.78. The van der Waals surface area contributed by atoms with E-state index in [1.807, 2.05) is 6.92 Å². The van der Waals surface area contributed by atoms with Gasteiger partial charge in [0.2, 0.25) is 11.7 Å². The fourth-order valence-corrected chi connectivity index (χ4v) is 3.16. The van der Waals surface area contributed by atoms with Crippen LogP contribution in [-0.2, 0) is 4.79 Å². The van der Waals surface area contributed by atoms with Gasteiger partial charge in [0.1, 0.15) is 5.82 Å². The Morgan fingerprint density at radius 1 is 1.50 bits per heavy atom. The molecule has 3 rings (SSSR count). The van der Waals surface area contributed by atoms with E-state index < -0.39 is 5.82 Å². The third-order valence-electron chi connectivity index (χ3n) is 3.24. The van der Waals surface area contributed by atoms with E-state index >= 15 is 0 Å². The molecule has 0 aliphatic carbocycles. The second-order valence-electron chi connectivity index (χ2n) is 4.67. The van der Waals surface area contributed by atoms with Crippen molar-refractivity contribution in [3.8, 4) is 11.4 Å². The molecule has 1 aliphatic heterocycles. The third kappa shape index (κ3) is 2.89. The number of nitrogens with zero attached hydrogens (tertiary/aromatic N) is 3. The largest absolute Gasteiger partial charge is 0.334 e. The van der Waals surface area contributed by atoms with E-state index in [0.717, 1.165) is 10.8 Å². The van der Waals surface area contributed by atoms with Gasteiger partial charge in [0, 0.05) is 24.8 Å². The Bertz CT molecular complexity index is 729. The number of aromatic nitrogens is 2. The highest BCUT2D eigenvalue weighted by Gasteiger charge is 2.23. The van der Waals surface area contributed by atoms with Gasteiger partial charge in [-0.2, -0.15) is 4.98 Å². The molecule has 0 spiro atoms. The minimum Gasteiger partial charge on any atom is -0.334 e. The molecule has 2 heterocycles. The highest BCUT2D eigenvalue weighted by molar-refractivity contribution is 8.03. The van der Waals surface area contributed by atoms with Crippen molar-refractivity contribution in [2.75, 3.05) is 12.3 Å². The number of hydrogen-bond acceptors (Lipinski definition) is 5. The molecule has 0 N–H and O–H groups in total. The van der Waals surface area contributed by atoms with Crippen LogP contribution in [0, 0.1) is 5.82 Å². The van der Waals surface area contributed by atoms with Gasteiger partial charge in [-0.25, -0.2) is 4.39 Å². The molecule has 22 heavy (non-hydrogen) atoms. The average Bonchev–Trinajstić information content (AvgIpc) is 3.17. The van der Waals surface area contributed by atoms with Crippen molar-refractivity contribution in [3.63, 3.8) is 0 Å². The van der Waals surface area contributed by atoms with Gasteiger partial charge in [0.25, 0.3) is 5.89 Å². The zero-order chi connectivity index (χ0) is 15.5. The van der Waals surface area contributed by atoms with E-state index in [0.29, 0.717) is 13.0 Å². The first-order valence-corrected chi connectivity index (χ1v) is 7.91. The van der Waals surface area contributed by atoms with Crippen LogP contribution in [-0.4, -0.2) is 33.2 Å². The van der Waals surface area contributed by atoms with Crippen LogP contribution < -0.4 is 0 Å². The van der Waals surface area contributed by atoms with Crippen molar-refractivity contribution in [3.05, 3.63) is 41.0 Å². The minimum absolute atomic E-state index is 0.0603. The molecular formula is C15H14FN3O2S. The predicted octanol–water partition coefficient (Wildman–Crippen LogP) is 3.16. The van der Waals surface area contributed by atoms with E-state index in [1.165, 1.54) is 6.07 Å². The summed E-state index contributed by atoms with van der Waals surface area (Å²) in [6.45, 7) is 2.50. The maximum absolute atomic E-state index is 13.7. The predicted molar refractivity (Wildman–Crippen MR) is 82.1 cm³/mol. The van der Waals surface area contributed by atoms with Crippen LogP contribution in [0.5, 0.6) is 0 Å². The van der Waals surface area contributed by atoms with E-state index in [2.05, 4.69) is 10.1 Å². The molecule has 1 aromatic carbocycles. The Morgan fingerprint density at radius 2 is 2.32 bits per heavy atom. The maximum Gasteiger partial charge on any atom is 0.253 e. The summed E-state index contributed by atoms with van der Waals surface area (Å²) in [5, 5.41) is 4.58. The number of benzene rings is 1. The fourth-order valence-electron chi connectivity index (χ4n) is 2.14. The van der Waals surface area contributed by atoms with Gasteiger partial charge >= 0.3 is 0 Å². The zero-order valence-electron chi connectivity index (χ0n) is 12.0. The van der Waals surface area contributed by atoms with Crippen molar-refractivity contribution >= 4 is 23.7 Å². The highest BCUT2D eigenvalue weighted by atomic mass is 32.2. The molecule has 1 amide bonds. The SMILES string of the molecule is CCC(=O)N1CCS/C1=C/c1nc(-c2ccccc2F)no1. The van der Waals surface area contributed by atoms with Crippen LogP contribution in [0.1, 0.15) is 19.2 Å². The molecule has 1 aromatic heterocycles. The van der Waals surface area contributed by atoms with Crippen LogP contribution in [0.4, 0.5) is 4.39 Å². The van der Waals surface area contributed by atoms with Crippen LogP contribution in [0.2, 0.25) is 0 Å². The lowest BCUT2D eigenvalue weighted by Gasteiger charge is -2.14. The molecule has 5 nitrogen and oxygen atoms in total. The molecule has 2 aromatic rings. The molecule has 1 saturated heterocycles. The summed E-state index contributed by atoms with van der Waals surface area (Å²) in [4.78, 5) is 17.7. The van der Waals surface area contributed by atoms with E-state index in [1.54, 1.807) is 40.9 Å². The minimum atomic E-state index is -0.402. The number of thioether (sulfide) groups is 1. The molecule has 114 valence electrons. The number of carbonyl (C=O) groups is 1. The molecule has 7 heteroatoms. The van der Waals surface area contributed by atoms with Gasteiger partial charge in [-0.1, -0.05) is 24.2 Å². The number of halogens is 1.